The maximum Gasteiger partial charge on any atom is 0.249 e. The van der Waals surface area contributed by atoms with Crippen LogP contribution < -0.4 is 15.1 Å². The van der Waals surface area contributed by atoms with Gasteiger partial charge in [-0.25, -0.2) is 17.7 Å². The van der Waals surface area contributed by atoms with Crippen molar-refractivity contribution in [2.24, 2.45) is 0 Å². The average molecular weight is 474 g/mol. The lowest BCUT2D eigenvalue weighted by atomic mass is 10.0. The Morgan fingerprint density at radius 3 is 2.61 bits per heavy atom. The van der Waals surface area contributed by atoms with Crippen molar-refractivity contribution >= 4 is 33.1 Å². The van der Waals surface area contributed by atoms with Crippen molar-refractivity contribution in [2.75, 3.05) is 49.5 Å². The van der Waals surface area contributed by atoms with Crippen molar-refractivity contribution in [1.29, 1.82) is 0 Å². The Morgan fingerprint density at radius 2 is 1.91 bits per heavy atom. The molecule has 2 aliphatic rings. The highest BCUT2D eigenvalue weighted by Crippen LogP contribution is 2.37. The molecule has 0 radical (unpaired) electrons. The minimum absolute atomic E-state index is 0.0561. The van der Waals surface area contributed by atoms with E-state index >= 15 is 0 Å². The van der Waals surface area contributed by atoms with E-state index in [-0.39, 0.29) is 22.9 Å². The number of amides is 1. The number of fused-ring (bicyclic) bond motifs is 1. The Morgan fingerprint density at radius 1 is 1.18 bits per heavy atom. The highest BCUT2D eigenvalue weighted by Gasteiger charge is 2.39. The molecule has 9 nitrogen and oxygen atoms in total. The molecule has 1 aromatic heterocycles. The molecule has 0 saturated carbocycles. The van der Waals surface area contributed by atoms with Crippen LogP contribution in [0.2, 0.25) is 0 Å². The lowest BCUT2D eigenvalue weighted by Gasteiger charge is -2.44. The quantitative estimate of drug-likeness (QED) is 0.688. The van der Waals surface area contributed by atoms with Crippen molar-refractivity contribution in [3.8, 4) is 0 Å². The number of nitrogens with one attached hydrogen (secondary N) is 1. The maximum absolute atomic E-state index is 12.9. The van der Waals surface area contributed by atoms with Gasteiger partial charge in [0.2, 0.25) is 15.9 Å². The lowest BCUT2D eigenvalue weighted by Crippen LogP contribution is -2.56. The van der Waals surface area contributed by atoms with Crippen molar-refractivity contribution in [1.82, 2.24) is 9.29 Å². The average Bonchev–Trinajstić information content (AvgIpc) is 2.82. The summed E-state index contributed by atoms with van der Waals surface area (Å²) in [6.07, 6.45) is 1.72. The summed E-state index contributed by atoms with van der Waals surface area (Å²) in [6.45, 7) is 3.72. The van der Waals surface area contributed by atoms with E-state index < -0.39 is 10.0 Å². The predicted octanol–water partition coefficient (Wildman–Crippen LogP) is 2.29. The third-order valence-corrected chi connectivity index (χ3v) is 8.10. The zero-order valence-corrected chi connectivity index (χ0v) is 20.3. The topological polar surface area (TPSA) is 95.1 Å². The molecule has 1 fully saturated rings. The first-order valence-corrected chi connectivity index (χ1v) is 12.5. The summed E-state index contributed by atoms with van der Waals surface area (Å²) >= 11 is 0. The van der Waals surface area contributed by atoms with Gasteiger partial charge in [-0.3, -0.25) is 4.79 Å². The molecule has 1 N–H and O–H groups in total. The fourth-order valence-corrected chi connectivity index (χ4v) is 5.30. The molecule has 178 valence electrons. The summed E-state index contributed by atoms with van der Waals surface area (Å²) in [6, 6.07) is 10.5. The van der Waals surface area contributed by atoms with Gasteiger partial charge in [-0.1, -0.05) is 6.07 Å². The number of anilines is 3. The van der Waals surface area contributed by atoms with Gasteiger partial charge in [-0.05, 0) is 50.1 Å². The van der Waals surface area contributed by atoms with E-state index in [2.05, 4.69) is 10.2 Å². The molecular formula is C23H31N5O4S. The largest absolute Gasteiger partial charge is 0.381 e. The number of aromatic nitrogens is 1. The van der Waals surface area contributed by atoms with Crippen LogP contribution in [0.4, 0.5) is 17.2 Å². The molecule has 1 saturated heterocycles. The highest BCUT2D eigenvalue weighted by molar-refractivity contribution is 7.89. The van der Waals surface area contributed by atoms with Gasteiger partial charge in [-0.15, -0.1) is 0 Å². The first-order chi connectivity index (χ1) is 15.7. The van der Waals surface area contributed by atoms with E-state index in [0.717, 1.165) is 30.0 Å². The molecule has 2 aliphatic heterocycles. The van der Waals surface area contributed by atoms with E-state index in [9.17, 15) is 13.2 Å². The zero-order valence-electron chi connectivity index (χ0n) is 19.5. The van der Waals surface area contributed by atoms with Crippen LogP contribution in [0.5, 0.6) is 0 Å². The van der Waals surface area contributed by atoms with Gasteiger partial charge in [0, 0.05) is 46.1 Å². The van der Waals surface area contributed by atoms with Crippen LogP contribution in [0.3, 0.4) is 0 Å². The number of likely N-dealkylation sites (N-methyl/N-ethyl adjacent to an activating group) is 1. The summed E-state index contributed by atoms with van der Waals surface area (Å²) in [5, 5.41) is 3.28. The SMILES string of the molecule is C[C@@H]1C(=O)N(C)c2ccc(CNc3cccc(S(=O)(=O)N(C)C)c3)nc2N1C1CCOCC1. The number of pyridine rings is 1. The van der Waals surface area contributed by atoms with Gasteiger partial charge >= 0.3 is 0 Å². The monoisotopic (exact) mass is 473 g/mol. The molecule has 10 heteroatoms. The van der Waals surface area contributed by atoms with E-state index in [0.29, 0.717) is 25.4 Å². The smallest absolute Gasteiger partial charge is 0.249 e. The van der Waals surface area contributed by atoms with Gasteiger partial charge in [0.1, 0.15) is 6.04 Å². The summed E-state index contributed by atoms with van der Waals surface area (Å²) in [7, 11) is 1.31. The van der Waals surface area contributed by atoms with Crippen LogP contribution in [0, 0.1) is 0 Å². The number of hydrogen-bond donors (Lipinski definition) is 1. The van der Waals surface area contributed by atoms with Crippen LogP contribution >= 0.6 is 0 Å². The summed E-state index contributed by atoms with van der Waals surface area (Å²) < 4.78 is 31.6. The molecule has 3 heterocycles. The van der Waals surface area contributed by atoms with Crippen molar-refractivity contribution in [3.05, 3.63) is 42.1 Å². The van der Waals surface area contributed by atoms with Crippen LogP contribution in [0.15, 0.2) is 41.3 Å². The molecule has 0 bridgehead atoms. The Balaban J connectivity index is 1.59. The fourth-order valence-electron chi connectivity index (χ4n) is 4.35. The Kier molecular flexibility index (Phi) is 6.60. The molecular weight excluding hydrogens is 442 g/mol. The third kappa shape index (κ3) is 4.55. The number of carbonyl (C=O) groups is 1. The number of rotatable bonds is 6. The summed E-state index contributed by atoms with van der Waals surface area (Å²) in [4.78, 5) is 21.8. The number of benzene rings is 1. The van der Waals surface area contributed by atoms with Crippen molar-refractivity contribution in [2.45, 2.75) is 43.3 Å². The lowest BCUT2D eigenvalue weighted by molar-refractivity contribution is -0.119. The predicted molar refractivity (Wildman–Crippen MR) is 128 cm³/mol. The molecule has 33 heavy (non-hydrogen) atoms. The minimum Gasteiger partial charge on any atom is -0.381 e. The molecule has 0 unspecified atom stereocenters. The third-order valence-electron chi connectivity index (χ3n) is 6.29. The fraction of sp³-hybridized carbons (Fsp3) is 0.478. The second kappa shape index (κ2) is 9.28. The number of carbonyl (C=O) groups excluding carboxylic acids is 1. The Labute approximate surface area is 195 Å². The zero-order chi connectivity index (χ0) is 23.8. The first-order valence-electron chi connectivity index (χ1n) is 11.1. The Bertz CT molecular complexity index is 1130. The van der Waals surface area contributed by atoms with Gasteiger partial charge in [-0.2, -0.15) is 0 Å². The number of sulfonamides is 1. The van der Waals surface area contributed by atoms with Crippen LogP contribution in [-0.4, -0.2) is 70.1 Å². The first kappa shape index (κ1) is 23.5. The number of ether oxygens (including phenoxy) is 1. The number of nitrogens with zero attached hydrogens (tertiary/aromatic N) is 4. The molecule has 0 spiro atoms. The van der Waals surface area contributed by atoms with E-state index in [1.165, 1.54) is 18.4 Å². The normalized spacial score (nSPS) is 19.7. The molecule has 4 rings (SSSR count). The van der Waals surface area contributed by atoms with Crippen LogP contribution in [-0.2, 0) is 26.1 Å². The minimum atomic E-state index is -3.51. The second-order valence-electron chi connectivity index (χ2n) is 8.64. The standard InChI is InChI=1S/C23H31N5O4S/c1-16-23(29)27(4)21-9-8-18(25-22(21)28(16)19-10-12-32-13-11-19)15-24-17-6-5-7-20(14-17)33(30,31)26(2)3/h5-9,14,16,19,24H,10-13,15H2,1-4H3/t16-/m1/s1. The summed E-state index contributed by atoms with van der Waals surface area (Å²) in [5.41, 5.74) is 2.30. The van der Waals surface area contributed by atoms with Gasteiger partial charge in [0.05, 0.1) is 22.8 Å². The van der Waals surface area contributed by atoms with E-state index in [1.807, 2.05) is 25.1 Å². The number of hydrogen-bond acceptors (Lipinski definition) is 7. The van der Waals surface area contributed by atoms with Crippen LogP contribution in [0.1, 0.15) is 25.5 Å². The van der Waals surface area contributed by atoms with E-state index in [4.69, 9.17) is 9.72 Å². The Hall–Kier alpha value is -2.69. The maximum atomic E-state index is 12.9. The van der Waals surface area contributed by atoms with Gasteiger partial charge in [0.25, 0.3) is 0 Å². The molecule has 1 atom stereocenters. The van der Waals surface area contributed by atoms with Crippen molar-refractivity contribution in [3.63, 3.8) is 0 Å². The molecule has 0 aliphatic carbocycles. The van der Waals surface area contributed by atoms with E-state index in [1.54, 1.807) is 30.1 Å². The molecule has 1 aromatic carbocycles. The molecule has 1 amide bonds. The highest BCUT2D eigenvalue weighted by atomic mass is 32.2. The van der Waals surface area contributed by atoms with Crippen LogP contribution in [0.25, 0.3) is 0 Å². The van der Waals surface area contributed by atoms with Gasteiger partial charge < -0.3 is 19.9 Å². The second-order valence-corrected chi connectivity index (χ2v) is 10.8. The molecule has 2 aromatic rings. The van der Waals surface area contributed by atoms with Gasteiger partial charge in [0.15, 0.2) is 5.82 Å². The van der Waals surface area contributed by atoms with Crippen molar-refractivity contribution < 1.29 is 17.9 Å². The summed E-state index contributed by atoms with van der Waals surface area (Å²) in [5.74, 6) is 0.861.